The molecule has 0 saturated heterocycles. The summed E-state index contributed by atoms with van der Waals surface area (Å²) in [6.07, 6.45) is 5.45. The number of rotatable bonds is 10. The highest BCUT2D eigenvalue weighted by atomic mass is 16.2. The Kier molecular flexibility index (Phi) is 8.15. The lowest BCUT2D eigenvalue weighted by Gasteiger charge is -2.28. The van der Waals surface area contributed by atoms with Crippen LogP contribution in [0.1, 0.15) is 38.2 Å². The topological polar surface area (TPSA) is 64.7 Å². The highest BCUT2D eigenvalue weighted by molar-refractivity contribution is 5.88. The van der Waals surface area contributed by atoms with Gasteiger partial charge < -0.3 is 10.2 Å². The van der Waals surface area contributed by atoms with Crippen molar-refractivity contribution >= 4 is 17.5 Å². The van der Waals surface area contributed by atoms with Gasteiger partial charge in [0.25, 0.3) is 0 Å². The Morgan fingerprint density at radius 1 is 1.23 bits per heavy atom. The van der Waals surface area contributed by atoms with Crippen molar-refractivity contribution in [1.29, 1.82) is 0 Å². The van der Waals surface area contributed by atoms with E-state index < -0.39 is 0 Å². The summed E-state index contributed by atoms with van der Waals surface area (Å²) >= 11 is 0. The third-order valence-electron chi connectivity index (χ3n) is 4.36. The van der Waals surface area contributed by atoms with Gasteiger partial charge in [0, 0.05) is 13.0 Å². The summed E-state index contributed by atoms with van der Waals surface area (Å²) in [5.74, 6) is -0.240. The van der Waals surface area contributed by atoms with Crippen LogP contribution in [0.15, 0.2) is 36.4 Å². The molecule has 2 amide bonds. The monoisotopic (exact) mass is 358 g/mol. The normalized spacial score (nSPS) is 14.2. The maximum Gasteiger partial charge on any atom is 0.245 e. The van der Waals surface area contributed by atoms with Gasteiger partial charge in [-0.3, -0.25) is 15.0 Å². The predicted octanol–water partition coefficient (Wildman–Crippen LogP) is 2.00. The zero-order valence-corrected chi connectivity index (χ0v) is 15.8. The molecule has 0 atom stereocenters. The van der Waals surface area contributed by atoms with Gasteiger partial charge in [-0.2, -0.15) is 0 Å². The van der Waals surface area contributed by atoms with Gasteiger partial charge in [0.2, 0.25) is 11.8 Å². The maximum absolute atomic E-state index is 12.1. The average Bonchev–Trinajstić information content (AvgIpc) is 2.66. The predicted molar refractivity (Wildman–Crippen MR) is 104 cm³/mol. The zero-order valence-electron chi connectivity index (χ0n) is 15.8. The summed E-state index contributed by atoms with van der Waals surface area (Å²) in [6.45, 7) is 4.88. The molecule has 0 spiro atoms. The summed E-state index contributed by atoms with van der Waals surface area (Å²) < 4.78 is 0. The van der Waals surface area contributed by atoms with E-state index in [0.717, 1.165) is 30.8 Å². The molecule has 1 aliphatic heterocycles. The van der Waals surface area contributed by atoms with Crippen molar-refractivity contribution in [1.82, 2.24) is 20.7 Å². The minimum absolute atomic E-state index is 0.0225. The number of nitrogens with zero attached hydrogens (tertiary/aromatic N) is 2. The van der Waals surface area contributed by atoms with Crippen LogP contribution in [0.5, 0.6) is 0 Å². The summed E-state index contributed by atoms with van der Waals surface area (Å²) in [4.78, 5) is 26.5. The van der Waals surface area contributed by atoms with Crippen LogP contribution >= 0.6 is 0 Å². The molecule has 1 aliphatic rings. The summed E-state index contributed by atoms with van der Waals surface area (Å²) in [5, 5.41) is 4.29. The van der Waals surface area contributed by atoms with Crippen molar-refractivity contribution in [2.75, 3.05) is 33.2 Å². The Bertz CT molecular complexity index is 615. The van der Waals surface area contributed by atoms with Crippen LogP contribution < -0.4 is 10.7 Å². The van der Waals surface area contributed by atoms with Crippen LogP contribution in [0.2, 0.25) is 0 Å². The fraction of sp³-hybridized carbons (Fsp3) is 0.500. The van der Waals surface area contributed by atoms with Crippen molar-refractivity contribution in [3.63, 3.8) is 0 Å². The van der Waals surface area contributed by atoms with Crippen LogP contribution in [0.4, 0.5) is 0 Å². The number of hydrogen-bond donors (Lipinski definition) is 2. The van der Waals surface area contributed by atoms with Gasteiger partial charge >= 0.3 is 0 Å². The van der Waals surface area contributed by atoms with E-state index >= 15 is 0 Å². The van der Waals surface area contributed by atoms with E-state index in [-0.39, 0.29) is 18.4 Å². The fourth-order valence-corrected chi connectivity index (χ4v) is 2.80. The van der Waals surface area contributed by atoms with Crippen LogP contribution in [0.3, 0.4) is 0 Å². The van der Waals surface area contributed by atoms with E-state index in [4.69, 9.17) is 0 Å². The molecule has 0 radical (unpaired) electrons. The van der Waals surface area contributed by atoms with Gasteiger partial charge in [-0.05, 0) is 44.6 Å². The molecule has 0 aromatic heterocycles. The molecule has 26 heavy (non-hydrogen) atoms. The molecule has 142 valence electrons. The molecule has 0 fully saturated rings. The highest BCUT2D eigenvalue weighted by Crippen LogP contribution is 2.16. The second kappa shape index (κ2) is 10.6. The summed E-state index contributed by atoms with van der Waals surface area (Å²) in [7, 11) is 2.10. The van der Waals surface area contributed by atoms with E-state index in [1.807, 2.05) is 36.4 Å². The van der Waals surface area contributed by atoms with Gasteiger partial charge in [-0.15, -0.1) is 0 Å². The number of hydrazine groups is 1. The molecular formula is C20H30N4O2. The maximum atomic E-state index is 12.1. The third kappa shape index (κ3) is 6.52. The summed E-state index contributed by atoms with van der Waals surface area (Å²) in [5.41, 5.74) is 4.92. The third-order valence-corrected chi connectivity index (χ3v) is 4.36. The molecule has 1 aromatic carbocycles. The molecule has 1 heterocycles. The largest absolute Gasteiger partial charge is 0.354 e. The SMILES string of the molecule is CCCCN(C)CCCNC(=O)CN1NC(c2ccccc2)=CCC1=O. The van der Waals surface area contributed by atoms with E-state index in [1.165, 1.54) is 17.9 Å². The van der Waals surface area contributed by atoms with E-state index in [1.54, 1.807) is 0 Å². The van der Waals surface area contributed by atoms with Gasteiger partial charge in [0.1, 0.15) is 6.54 Å². The molecule has 0 bridgehead atoms. The smallest absolute Gasteiger partial charge is 0.245 e. The Labute approximate surface area is 156 Å². The lowest BCUT2D eigenvalue weighted by Crippen LogP contribution is -2.49. The molecular weight excluding hydrogens is 328 g/mol. The summed E-state index contributed by atoms with van der Waals surface area (Å²) in [6, 6.07) is 9.79. The number of hydrogen-bond acceptors (Lipinski definition) is 4. The van der Waals surface area contributed by atoms with Crippen LogP contribution in [-0.4, -0.2) is 54.9 Å². The molecule has 0 unspecified atom stereocenters. The van der Waals surface area contributed by atoms with Crippen molar-refractivity contribution in [3.05, 3.63) is 42.0 Å². The van der Waals surface area contributed by atoms with Crippen molar-refractivity contribution in [2.24, 2.45) is 0 Å². The molecule has 6 nitrogen and oxygen atoms in total. The molecule has 6 heteroatoms. The molecule has 2 rings (SSSR count). The van der Waals surface area contributed by atoms with E-state index in [9.17, 15) is 9.59 Å². The second-order valence-corrected chi connectivity index (χ2v) is 6.64. The Balaban J connectivity index is 1.73. The lowest BCUT2D eigenvalue weighted by atomic mass is 10.1. The Morgan fingerprint density at radius 2 is 1.96 bits per heavy atom. The van der Waals surface area contributed by atoms with Gasteiger partial charge in [0.15, 0.2) is 0 Å². The second-order valence-electron chi connectivity index (χ2n) is 6.64. The number of unbranched alkanes of at least 4 members (excludes halogenated alkanes) is 1. The van der Waals surface area contributed by atoms with Gasteiger partial charge in [0.05, 0.1) is 5.70 Å². The number of amides is 2. The number of benzene rings is 1. The van der Waals surface area contributed by atoms with Crippen molar-refractivity contribution in [3.8, 4) is 0 Å². The van der Waals surface area contributed by atoms with Gasteiger partial charge in [-0.1, -0.05) is 43.7 Å². The number of carbonyl (C=O) groups excluding carboxylic acids is 2. The Morgan fingerprint density at radius 3 is 2.69 bits per heavy atom. The molecule has 0 saturated carbocycles. The number of nitrogens with one attached hydrogen (secondary N) is 2. The number of carbonyl (C=O) groups is 2. The first-order chi connectivity index (χ1) is 12.6. The first-order valence-electron chi connectivity index (χ1n) is 9.38. The lowest BCUT2D eigenvalue weighted by molar-refractivity contribution is -0.137. The molecule has 1 aromatic rings. The zero-order chi connectivity index (χ0) is 18.8. The van der Waals surface area contributed by atoms with Crippen LogP contribution in [0.25, 0.3) is 5.70 Å². The first-order valence-corrected chi connectivity index (χ1v) is 9.38. The standard InChI is InChI=1S/C20H30N4O2/c1-3-4-14-23(2)15-8-13-21-19(25)16-24-20(26)12-11-18(22-24)17-9-6-5-7-10-17/h5-7,9-11,22H,3-4,8,12-16H2,1-2H3,(H,21,25). The van der Waals surface area contributed by atoms with E-state index in [0.29, 0.717) is 13.0 Å². The Hall–Kier alpha value is -2.34. The average molecular weight is 358 g/mol. The minimum Gasteiger partial charge on any atom is -0.354 e. The van der Waals surface area contributed by atoms with Crippen molar-refractivity contribution in [2.45, 2.75) is 32.6 Å². The van der Waals surface area contributed by atoms with Crippen LogP contribution in [0, 0.1) is 0 Å². The molecule has 0 aliphatic carbocycles. The molecule has 2 N–H and O–H groups in total. The van der Waals surface area contributed by atoms with E-state index in [2.05, 4.69) is 29.6 Å². The quantitative estimate of drug-likeness (QED) is 0.628. The van der Waals surface area contributed by atoms with Crippen LogP contribution in [-0.2, 0) is 9.59 Å². The fourth-order valence-electron chi connectivity index (χ4n) is 2.80. The minimum atomic E-state index is -0.142. The van der Waals surface area contributed by atoms with Gasteiger partial charge in [-0.25, -0.2) is 5.01 Å². The van der Waals surface area contributed by atoms with Crippen molar-refractivity contribution < 1.29 is 9.59 Å². The highest BCUT2D eigenvalue weighted by Gasteiger charge is 2.21. The first kappa shape index (κ1) is 20.0.